The Hall–Kier alpha value is -1.14. The molecule has 2 rings (SSSR count). The standard InChI is InChI=1S/C24H34O3S2/c1-2-11-22(27-19-21-29(25)24-15-7-4-8-16-24)12-9-10-17-26-18-20-28-23-13-5-3-6-14-23/h2-3,5-7,11,13-16,22H,4,8-10,12,17-21H2,1H3/b11-2-. The first-order chi connectivity index (χ1) is 14.3. The highest BCUT2D eigenvalue weighted by Gasteiger charge is 2.09. The molecule has 0 N–H and O–H groups in total. The molecule has 3 nitrogen and oxygen atoms in total. The molecule has 0 saturated carbocycles. The van der Waals surface area contributed by atoms with Gasteiger partial charge >= 0.3 is 0 Å². The van der Waals surface area contributed by atoms with Crippen molar-refractivity contribution in [1.82, 2.24) is 0 Å². The molecule has 0 spiro atoms. The molecule has 2 atom stereocenters. The minimum atomic E-state index is -0.950. The average molecular weight is 435 g/mol. The molecule has 29 heavy (non-hydrogen) atoms. The first-order valence-corrected chi connectivity index (χ1v) is 12.8. The van der Waals surface area contributed by atoms with Gasteiger partial charge in [-0.05, 0) is 51.2 Å². The molecule has 0 radical (unpaired) electrons. The van der Waals surface area contributed by atoms with E-state index in [1.54, 1.807) is 0 Å². The van der Waals surface area contributed by atoms with Crippen molar-refractivity contribution < 1.29 is 13.7 Å². The molecule has 2 unspecified atom stereocenters. The molecular weight excluding hydrogens is 400 g/mol. The van der Waals surface area contributed by atoms with Crippen molar-refractivity contribution >= 4 is 22.6 Å². The SMILES string of the molecule is C/C=C\C(CCCCOCCSc1ccccc1)OCCS(=O)C1=CCCC=C1. The molecule has 0 aromatic heterocycles. The van der Waals surface area contributed by atoms with Crippen LogP contribution < -0.4 is 0 Å². The highest BCUT2D eigenvalue weighted by atomic mass is 32.2. The fraction of sp³-hybridized carbons (Fsp3) is 0.500. The molecule has 1 aromatic rings. The molecule has 0 amide bonds. The third-order valence-corrected chi connectivity index (χ3v) is 6.84. The smallest absolute Gasteiger partial charge is 0.0756 e. The summed E-state index contributed by atoms with van der Waals surface area (Å²) in [6, 6.07) is 10.4. The monoisotopic (exact) mass is 434 g/mol. The lowest BCUT2D eigenvalue weighted by molar-refractivity contribution is 0.0856. The zero-order valence-corrected chi connectivity index (χ0v) is 19.1. The largest absolute Gasteiger partial charge is 0.381 e. The van der Waals surface area contributed by atoms with Crippen molar-refractivity contribution in [2.75, 3.05) is 31.3 Å². The lowest BCUT2D eigenvalue weighted by Gasteiger charge is -2.15. The van der Waals surface area contributed by atoms with Crippen molar-refractivity contribution in [1.29, 1.82) is 0 Å². The van der Waals surface area contributed by atoms with Crippen LogP contribution in [0.3, 0.4) is 0 Å². The van der Waals surface area contributed by atoms with Gasteiger partial charge in [0.05, 0.1) is 35.9 Å². The van der Waals surface area contributed by atoms with Crippen LogP contribution in [0.15, 0.2) is 70.5 Å². The average Bonchev–Trinajstić information content (AvgIpc) is 2.76. The number of rotatable bonds is 15. The van der Waals surface area contributed by atoms with Crippen molar-refractivity contribution in [2.24, 2.45) is 0 Å². The Balaban J connectivity index is 1.50. The van der Waals surface area contributed by atoms with Crippen LogP contribution >= 0.6 is 11.8 Å². The summed E-state index contributed by atoms with van der Waals surface area (Å²) in [5.41, 5.74) is 0. The predicted octanol–water partition coefficient (Wildman–Crippen LogP) is 5.91. The number of benzene rings is 1. The van der Waals surface area contributed by atoms with Crippen LogP contribution in [0.2, 0.25) is 0 Å². The van der Waals surface area contributed by atoms with E-state index in [2.05, 4.69) is 42.5 Å². The molecule has 160 valence electrons. The van der Waals surface area contributed by atoms with E-state index >= 15 is 0 Å². The quantitative estimate of drug-likeness (QED) is 0.195. The van der Waals surface area contributed by atoms with Crippen LogP contribution in [-0.2, 0) is 20.3 Å². The minimum absolute atomic E-state index is 0.0986. The molecule has 1 aliphatic rings. The molecule has 0 heterocycles. The second-order valence-electron chi connectivity index (χ2n) is 6.84. The van der Waals surface area contributed by atoms with E-state index in [4.69, 9.17) is 9.47 Å². The first-order valence-electron chi connectivity index (χ1n) is 10.5. The van der Waals surface area contributed by atoms with E-state index in [-0.39, 0.29) is 6.10 Å². The maximum atomic E-state index is 12.3. The molecule has 0 bridgehead atoms. The molecule has 0 fully saturated rings. The van der Waals surface area contributed by atoms with Gasteiger partial charge in [-0.25, -0.2) is 0 Å². The zero-order valence-electron chi connectivity index (χ0n) is 17.5. The molecule has 1 aliphatic carbocycles. The summed E-state index contributed by atoms with van der Waals surface area (Å²) in [6.07, 6.45) is 15.5. The van der Waals surface area contributed by atoms with Gasteiger partial charge in [0.1, 0.15) is 0 Å². The van der Waals surface area contributed by atoms with Crippen LogP contribution in [0.4, 0.5) is 0 Å². The summed E-state index contributed by atoms with van der Waals surface area (Å²) in [4.78, 5) is 2.24. The van der Waals surface area contributed by atoms with E-state index in [9.17, 15) is 4.21 Å². The molecule has 1 aromatic carbocycles. The van der Waals surface area contributed by atoms with Gasteiger partial charge in [-0.15, -0.1) is 11.8 Å². The van der Waals surface area contributed by atoms with Crippen molar-refractivity contribution in [2.45, 2.75) is 50.0 Å². The number of ether oxygens (including phenoxy) is 2. The van der Waals surface area contributed by atoms with Crippen molar-refractivity contribution in [3.8, 4) is 0 Å². The Labute approximate surface area is 183 Å². The highest BCUT2D eigenvalue weighted by Crippen LogP contribution is 2.17. The van der Waals surface area contributed by atoms with Gasteiger partial charge in [-0.2, -0.15) is 0 Å². The van der Waals surface area contributed by atoms with Crippen molar-refractivity contribution in [3.63, 3.8) is 0 Å². The summed E-state index contributed by atoms with van der Waals surface area (Å²) in [6.45, 7) is 4.12. The Bertz CT molecular complexity index is 668. The lowest BCUT2D eigenvalue weighted by Crippen LogP contribution is -2.16. The summed E-state index contributed by atoms with van der Waals surface area (Å²) in [5, 5.41) is 0. The summed E-state index contributed by atoms with van der Waals surface area (Å²) >= 11 is 1.83. The van der Waals surface area contributed by atoms with Crippen LogP contribution in [0, 0.1) is 0 Å². The van der Waals surface area contributed by atoms with Gasteiger partial charge < -0.3 is 9.47 Å². The highest BCUT2D eigenvalue weighted by molar-refractivity contribution is 7.99. The van der Waals surface area contributed by atoms with Crippen LogP contribution in [-0.4, -0.2) is 41.6 Å². The van der Waals surface area contributed by atoms with E-state index in [1.807, 2.05) is 36.9 Å². The second-order valence-corrected chi connectivity index (χ2v) is 9.58. The van der Waals surface area contributed by atoms with Gasteiger partial charge in [0.15, 0.2) is 0 Å². The van der Waals surface area contributed by atoms with Crippen molar-refractivity contribution in [3.05, 3.63) is 65.6 Å². The molecule has 5 heteroatoms. The number of allylic oxidation sites excluding steroid dienone is 4. The predicted molar refractivity (Wildman–Crippen MR) is 126 cm³/mol. The normalized spacial score (nSPS) is 16.1. The van der Waals surface area contributed by atoms with Gasteiger partial charge in [0, 0.05) is 22.2 Å². The van der Waals surface area contributed by atoms with Gasteiger partial charge in [-0.3, -0.25) is 4.21 Å². The second kappa shape index (κ2) is 15.7. The Morgan fingerprint density at radius 3 is 2.76 bits per heavy atom. The molecular formula is C24H34O3S2. The Kier molecular flexibility index (Phi) is 13.0. The third kappa shape index (κ3) is 11.0. The van der Waals surface area contributed by atoms with E-state index in [0.717, 1.165) is 56.0 Å². The maximum Gasteiger partial charge on any atom is 0.0756 e. The molecule has 0 aliphatic heterocycles. The maximum absolute atomic E-state index is 12.3. The fourth-order valence-corrected chi connectivity index (χ4v) is 4.81. The number of unbranched alkanes of at least 4 members (excludes halogenated alkanes) is 1. The lowest BCUT2D eigenvalue weighted by atomic mass is 10.1. The Morgan fingerprint density at radius 1 is 1.14 bits per heavy atom. The van der Waals surface area contributed by atoms with Gasteiger partial charge in [0.25, 0.3) is 0 Å². The fourth-order valence-electron chi connectivity index (χ4n) is 2.99. The van der Waals surface area contributed by atoms with Crippen LogP contribution in [0.5, 0.6) is 0 Å². The van der Waals surface area contributed by atoms with E-state index in [0.29, 0.717) is 12.4 Å². The Morgan fingerprint density at radius 2 is 2.00 bits per heavy atom. The number of hydrogen-bond donors (Lipinski definition) is 0. The zero-order chi connectivity index (χ0) is 20.6. The summed E-state index contributed by atoms with van der Waals surface area (Å²) in [7, 11) is -0.950. The third-order valence-electron chi connectivity index (χ3n) is 4.50. The van der Waals surface area contributed by atoms with Gasteiger partial charge in [-0.1, -0.05) is 48.6 Å². The minimum Gasteiger partial charge on any atom is -0.381 e. The van der Waals surface area contributed by atoms with Gasteiger partial charge in [0.2, 0.25) is 0 Å². The summed E-state index contributed by atoms with van der Waals surface area (Å²) < 4.78 is 24.0. The topological polar surface area (TPSA) is 35.5 Å². The number of hydrogen-bond acceptors (Lipinski definition) is 4. The number of thioether (sulfide) groups is 1. The van der Waals surface area contributed by atoms with E-state index < -0.39 is 10.8 Å². The van der Waals surface area contributed by atoms with Crippen LogP contribution in [0.25, 0.3) is 0 Å². The summed E-state index contributed by atoms with van der Waals surface area (Å²) in [5.74, 6) is 1.55. The molecule has 0 saturated heterocycles. The first kappa shape index (κ1) is 24.1. The van der Waals surface area contributed by atoms with E-state index in [1.165, 1.54) is 4.90 Å². The van der Waals surface area contributed by atoms with Crippen LogP contribution in [0.1, 0.15) is 39.0 Å².